The van der Waals surface area contributed by atoms with Crippen LogP contribution in [-0.2, 0) is 27.1 Å². The summed E-state index contributed by atoms with van der Waals surface area (Å²) in [6.45, 7) is 10.4. The molecular formula is C23H28ClN3O3S. The first-order valence-electron chi connectivity index (χ1n) is 10.2. The van der Waals surface area contributed by atoms with Crippen LogP contribution in [0.2, 0.25) is 4.34 Å². The minimum Gasteiger partial charge on any atom is -0.336 e. The molecule has 166 valence electrons. The molecule has 0 spiro atoms. The number of amides is 4. The number of imide groups is 1. The van der Waals surface area contributed by atoms with E-state index in [1.165, 1.54) is 11.3 Å². The number of likely N-dealkylation sites (N-methyl/N-ethyl adjacent to an activating group) is 1. The number of nitrogens with zero attached hydrogens (tertiary/aromatic N) is 2. The molecule has 1 aliphatic rings. The number of rotatable bonds is 6. The highest BCUT2D eigenvalue weighted by Gasteiger charge is 2.49. The zero-order valence-electron chi connectivity index (χ0n) is 18.5. The van der Waals surface area contributed by atoms with Crippen molar-refractivity contribution < 1.29 is 14.4 Å². The van der Waals surface area contributed by atoms with E-state index in [0.717, 1.165) is 15.3 Å². The highest BCUT2D eigenvalue weighted by atomic mass is 35.5. The van der Waals surface area contributed by atoms with Crippen LogP contribution in [0.25, 0.3) is 0 Å². The van der Waals surface area contributed by atoms with Crippen molar-refractivity contribution in [1.82, 2.24) is 15.1 Å². The second-order valence-electron chi connectivity index (χ2n) is 8.89. The first-order chi connectivity index (χ1) is 14.5. The molecule has 0 aliphatic carbocycles. The van der Waals surface area contributed by atoms with E-state index in [0.29, 0.717) is 23.0 Å². The fourth-order valence-corrected chi connectivity index (χ4v) is 4.68. The van der Waals surface area contributed by atoms with Crippen molar-refractivity contribution in [3.8, 4) is 0 Å². The standard InChI is InChI=1S/C23H28ClN3O3S/c1-6-26(13-17-11-12-18(24)31-17)19(28)14-27-20(29)23(5,25-21(27)30)16-9-7-15(8-10-16)22(2,3)4/h7-12H,6,13-14H2,1-5H3,(H,25,30)/t23-/m1/s1. The van der Waals surface area contributed by atoms with Crippen LogP contribution >= 0.6 is 22.9 Å². The quantitative estimate of drug-likeness (QED) is 0.643. The maximum absolute atomic E-state index is 13.2. The van der Waals surface area contributed by atoms with Gasteiger partial charge in [0.2, 0.25) is 5.91 Å². The summed E-state index contributed by atoms with van der Waals surface area (Å²) in [5.74, 6) is -0.715. The molecule has 1 fully saturated rings. The topological polar surface area (TPSA) is 69.7 Å². The fraction of sp³-hybridized carbons (Fsp3) is 0.435. The maximum Gasteiger partial charge on any atom is 0.325 e. The van der Waals surface area contributed by atoms with Gasteiger partial charge in [0, 0.05) is 11.4 Å². The third-order valence-corrected chi connectivity index (χ3v) is 6.82. The van der Waals surface area contributed by atoms with Gasteiger partial charge < -0.3 is 10.2 Å². The van der Waals surface area contributed by atoms with Crippen LogP contribution in [-0.4, -0.2) is 40.7 Å². The predicted molar refractivity (Wildman–Crippen MR) is 123 cm³/mol. The molecule has 2 heterocycles. The first-order valence-corrected chi connectivity index (χ1v) is 11.4. The van der Waals surface area contributed by atoms with Crippen molar-refractivity contribution in [2.75, 3.05) is 13.1 Å². The van der Waals surface area contributed by atoms with Crippen LogP contribution in [0.15, 0.2) is 36.4 Å². The summed E-state index contributed by atoms with van der Waals surface area (Å²) in [5, 5.41) is 2.77. The number of nitrogens with one attached hydrogen (secondary N) is 1. The zero-order valence-corrected chi connectivity index (χ0v) is 20.1. The zero-order chi connectivity index (χ0) is 23.0. The van der Waals surface area contributed by atoms with Gasteiger partial charge in [0.15, 0.2) is 0 Å². The summed E-state index contributed by atoms with van der Waals surface area (Å²) >= 11 is 7.38. The normalized spacial score (nSPS) is 19.0. The largest absolute Gasteiger partial charge is 0.336 e. The number of benzene rings is 1. The van der Waals surface area contributed by atoms with E-state index < -0.39 is 17.5 Å². The molecule has 0 radical (unpaired) electrons. The molecule has 1 aromatic heterocycles. The molecule has 8 heteroatoms. The van der Waals surface area contributed by atoms with Gasteiger partial charge in [0.25, 0.3) is 5.91 Å². The lowest BCUT2D eigenvalue weighted by Gasteiger charge is -2.25. The number of urea groups is 1. The Balaban J connectivity index is 1.75. The van der Waals surface area contributed by atoms with Gasteiger partial charge in [0.05, 0.1) is 10.9 Å². The Labute approximate surface area is 192 Å². The van der Waals surface area contributed by atoms with E-state index in [4.69, 9.17) is 11.6 Å². The number of carbonyl (C=O) groups excluding carboxylic acids is 3. The monoisotopic (exact) mass is 461 g/mol. The summed E-state index contributed by atoms with van der Waals surface area (Å²) in [7, 11) is 0. The average molecular weight is 462 g/mol. The molecule has 1 aliphatic heterocycles. The number of carbonyl (C=O) groups is 3. The van der Waals surface area contributed by atoms with Crippen LogP contribution in [0.1, 0.15) is 50.6 Å². The van der Waals surface area contributed by atoms with Crippen molar-refractivity contribution in [3.63, 3.8) is 0 Å². The first kappa shape index (κ1) is 23.3. The van der Waals surface area contributed by atoms with Crippen LogP contribution in [0, 0.1) is 0 Å². The van der Waals surface area contributed by atoms with E-state index in [1.807, 2.05) is 37.3 Å². The van der Waals surface area contributed by atoms with E-state index in [1.54, 1.807) is 17.9 Å². The Morgan fingerprint density at radius 3 is 2.32 bits per heavy atom. The summed E-state index contributed by atoms with van der Waals surface area (Å²) in [6.07, 6.45) is 0. The molecule has 2 aromatic rings. The van der Waals surface area contributed by atoms with Crippen molar-refractivity contribution in [2.45, 2.75) is 52.1 Å². The summed E-state index contributed by atoms with van der Waals surface area (Å²) in [4.78, 5) is 42.2. The molecule has 4 amide bonds. The Kier molecular flexibility index (Phi) is 6.48. The van der Waals surface area contributed by atoms with Gasteiger partial charge in [-0.3, -0.25) is 14.5 Å². The molecule has 0 saturated carbocycles. The van der Waals surface area contributed by atoms with Gasteiger partial charge in [-0.25, -0.2) is 4.79 Å². The van der Waals surface area contributed by atoms with Crippen LogP contribution in [0.4, 0.5) is 4.79 Å². The van der Waals surface area contributed by atoms with Gasteiger partial charge in [-0.15, -0.1) is 11.3 Å². The lowest BCUT2D eigenvalue weighted by atomic mass is 9.84. The highest BCUT2D eigenvalue weighted by molar-refractivity contribution is 7.16. The van der Waals surface area contributed by atoms with Crippen LogP contribution in [0.3, 0.4) is 0 Å². The molecule has 0 unspecified atom stereocenters. The number of halogens is 1. The summed E-state index contributed by atoms with van der Waals surface area (Å²) in [6, 6.07) is 10.8. The number of hydrogen-bond acceptors (Lipinski definition) is 4. The van der Waals surface area contributed by atoms with E-state index in [-0.39, 0.29) is 17.9 Å². The van der Waals surface area contributed by atoms with Crippen molar-refractivity contribution in [2.24, 2.45) is 0 Å². The molecule has 1 N–H and O–H groups in total. The van der Waals surface area contributed by atoms with E-state index in [9.17, 15) is 14.4 Å². The summed E-state index contributed by atoms with van der Waals surface area (Å²) < 4.78 is 0.654. The minimum atomic E-state index is -1.20. The molecule has 6 nitrogen and oxygen atoms in total. The SMILES string of the molecule is CCN(Cc1ccc(Cl)s1)C(=O)CN1C(=O)N[C@](C)(c2ccc(C(C)(C)C)cc2)C1=O. The molecule has 0 bridgehead atoms. The van der Waals surface area contributed by atoms with Gasteiger partial charge in [-0.1, -0.05) is 56.6 Å². The molecule has 31 heavy (non-hydrogen) atoms. The Morgan fingerprint density at radius 1 is 1.16 bits per heavy atom. The van der Waals surface area contributed by atoms with E-state index in [2.05, 4.69) is 26.1 Å². The lowest BCUT2D eigenvalue weighted by molar-refractivity contribution is -0.139. The Morgan fingerprint density at radius 2 is 1.81 bits per heavy atom. The molecule has 3 rings (SSSR count). The van der Waals surface area contributed by atoms with E-state index >= 15 is 0 Å². The molecule has 1 saturated heterocycles. The van der Waals surface area contributed by atoms with Crippen molar-refractivity contribution >= 4 is 40.8 Å². The average Bonchev–Trinajstić information content (AvgIpc) is 3.21. The highest BCUT2D eigenvalue weighted by Crippen LogP contribution is 2.31. The second-order valence-corrected chi connectivity index (χ2v) is 10.7. The summed E-state index contributed by atoms with van der Waals surface area (Å²) in [5.41, 5.74) is 0.605. The maximum atomic E-state index is 13.2. The van der Waals surface area contributed by atoms with Crippen molar-refractivity contribution in [3.05, 3.63) is 56.7 Å². The Bertz CT molecular complexity index is 996. The van der Waals surface area contributed by atoms with Crippen LogP contribution in [0.5, 0.6) is 0 Å². The van der Waals surface area contributed by atoms with Gasteiger partial charge in [-0.05, 0) is 42.5 Å². The van der Waals surface area contributed by atoms with Crippen LogP contribution < -0.4 is 5.32 Å². The number of hydrogen-bond donors (Lipinski definition) is 1. The Hall–Kier alpha value is -2.38. The van der Waals surface area contributed by atoms with Gasteiger partial charge in [0.1, 0.15) is 12.1 Å². The lowest BCUT2D eigenvalue weighted by Crippen LogP contribution is -2.44. The molecular weight excluding hydrogens is 434 g/mol. The minimum absolute atomic E-state index is 0.0166. The fourth-order valence-electron chi connectivity index (χ4n) is 3.58. The number of thiophene rings is 1. The second kappa shape index (κ2) is 8.63. The van der Waals surface area contributed by atoms with Gasteiger partial charge >= 0.3 is 6.03 Å². The van der Waals surface area contributed by atoms with Crippen molar-refractivity contribution in [1.29, 1.82) is 0 Å². The third kappa shape index (κ3) is 4.77. The smallest absolute Gasteiger partial charge is 0.325 e. The predicted octanol–water partition coefficient (Wildman–Crippen LogP) is 4.51. The van der Waals surface area contributed by atoms with Gasteiger partial charge in [-0.2, -0.15) is 0 Å². The molecule has 1 atom stereocenters. The molecule has 1 aromatic carbocycles. The third-order valence-electron chi connectivity index (χ3n) is 5.61.